The largest absolute Gasteiger partial charge is 0.504 e. The summed E-state index contributed by atoms with van der Waals surface area (Å²) < 4.78 is 58.8. The van der Waals surface area contributed by atoms with Crippen molar-refractivity contribution in [1.29, 1.82) is 10.8 Å². The number of aromatic hydroxyl groups is 1. The van der Waals surface area contributed by atoms with Crippen LogP contribution in [-0.2, 0) is 0 Å². The van der Waals surface area contributed by atoms with Crippen LogP contribution in [0.5, 0.6) is 52.0 Å². The molecule has 0 spiro atoms. The molecule has 0 amide bonds. The third-order valence-electron chi connectivity index (χ3n) is 5.69. The maximum absolute atomic E-state index is 15.9. The molecular weight excluding hydrogens is 586 g/mol. The molecule has 0 aliphatic rings. The van der Waals surface area contributed by atoms with Crippen molar-refractivity contribution < 1.29 is 47.5 Å². The molecule has 4 aromatic rings. The summed E-state index contributed by atoms with van der Waals surface area (Å²) in [6, 6.07) is 11.4. The third-order valence-corrected chi connectivity index (χ3v) is 5.69. The molecule has 4 rings (SSSR count). The first-order valence-corrected chi connectivity index (χ1v) is 12.2. The van der Waals surface area contributed by atoms with Gasteiger partial charge in [-0.3, -0.25) is 10.8 Å². The van der Waals surface area contributed by atoms with Gasteiger partial charge in [0.05, 0.1) is 19.8 Å². The second-order valence-electron chi connectivity index (χ2n) is 8.66. The Morgan fingerprint density at radius 1 is 0.841 bits per heavy atom. The number of aromatic carboxylic acids is 1. The lowest BCUT2D eigenvalue weighted by molar-refractivity contribution is 0.0696. The van der Waals surface area contributed by atoms with Gasteiger partial charge in [0.1, 0.15) is 11.6 Å². The standard InChI is InChI=1S/C28H24F2N6O8/c1-40-18-9-13(27(38)39)10-19(22(18)41-2)43-23-20(29)25(42-15-5-3-4-14(11-15)35-28(33)34)36-26(21(23)30)44-17-8-12(24(31)32)6-7-16(17)37/h3-11,37H,1-2H3,(H3,31,32)(H,38,39)(H4,33,34,35). The van der Waals surface area contributed by atoms with E-state index in [1.807, 2.05) is 0 Å². The fourth-order valence-electron chi connectivity index (χ4n) is 3.72. The van der Waals surface area contributed by atoms with Crippen LogP contribution in [0.3, 0.4) is 0 Å². The van der Waals surface area contributed by atoms with Crippen LogP contribution < -0.4 is 40.5 Å². The molecule has 44 heavy (non-hydrogen) atoms. The van der Waals surface area contributed by atoms with E-state index >= 15 is 8.78 Å². The molecule has 0 saturated heterocycles. The number of carbonyl (C=O) groups is 1. The lowest BCUT2D eigenvalue weighted by Gasteiger charge is -2.18. The first kappa shape index (κ1) is 30.6. The van der Waals surface area contributed by atoms with E-state index in [1.165, 1.54) is 44.6 Å². The Labute approximate surface area is 247 Å². The number of ether oxygens (including phenoxy) is 5. The van der Waals surface area contributed by atoms with Crippen molar-refractivity contribution in [3.8, 4) is 52.0 Å². The molecular formula is C28H24F2N6O8. The molecule has 228 valence electrons. The maximum Gasteiger partial charge on any atom is 0.335 e. The number of phenolic OH excluding ortho intramolecular Hbond substituents is 1. The van der Waals surface area contributed by atoms with Gasteiger partial charge in [0.2, 0.25) is 23.1 Å². The minimum Gasteiger partial charge on any atom is -0.504 e. The van der Waals surface area contributed by atoms with Crippen molar-refractivity contribution in [2.24, 2.45) is 11.5 Å². The summed E-state index contributed by atoms with van der Waals surface area (Å²) in [6.45, 7) is 0. The zero-order valence-electron chi connectivity index (χ0n) is 22.9. The van der Waals surface area contributed by atoms with E-state index in [0.717, 1.165) is 24.3 Å². The molecule has 9 N–H and O–H groups in total. The number of methoxy groups -OCH3 is 2. The lowest BCUT2D eigenvalue weighted by atomic mass is 10.2. The quantitative estimate of drug-likeness (QED) is 0.0902. The van der Waals surface area contributed by atoms with Crippen LogP contribution in [-0.4, -0.2) is 47.2 Å². The zero-order valence-corrected chi connectivity index (χ0v) is 22.9. The van der Waals surface area contributed by atoms with Crippen LogP contribution >= 0.6 is 0 Å². The van der Waals surface area contributed by atoms with Gasteiger partial charge in [0.15, 0.2) is 29.0 Å². The summed E-state index contributed by atoms with van der Waals surface area (Å²) in [6.07, 6.45) is 0. The topological polar surface area (TPSA) is 228 Å². The highest BCUT2D eigenvalue weighted by molar-refractivity contribution is 5.95. The second-order valence-corrected chi connectivity index (χ2v) is 8.66. The number of pyridine rings is 1. The predicted molar refractivity (Wildman–Crippen MR) is 152 cm³/mol. The number of hydrogen-bond donors (Lipinski definition) is 7. The normalized spacial score (nSPS) is 10.5. The first-order valence-electron chi connectivity index (χ1n) is 12.2. The average molecular weight is 611 g/mol. The molecule has 16 heteroatoms. The van der Waals surface area contributed by atoms with E-state index < -0.39 is 58.2 Å². The number of nitrogen functional groups attached to an aromatic ring is 1. The average Bonchev–Trinajstić information content (AvgIpc) is 2.97. The van der Waals surface area contributed by atoms with Gasteiger partial charge >= 0.3 is 5.97 Å². The highest BCUT2D eigenvalue weighted by Gasteiger charge is 2.29. The van der Waals surface area contributed by atoms with Crippen molar-refractivity contribution in [3.05, 3.63) is 77.4 Å². The number of nitrogens with one attached hydrogen (secondary N) is 3. The Morgan fingerprint density at radius 3 is 2.11 bits per heavy atom. The van der Waals surface area contributed by atoms with Crippen LogP contribution in [0.25, 0.3) is 0 Å². The summed E-state index contributed by atoms with van der Waals surface area (Å²) in [7, 11) is 2.41. The smallest absolute Gasteiger partial charge is 0.335 e. The Balaban J connectivity index is 1.89. The van der Waals surface area contributed by atoms with Gasteiger partial charge < -0.3 is 50.7 Å². The van der Waals surface area contributed by atoms with E-state index in [-0.39, 0.29) is 34.3 Å². The van der Waals surface area contributed by atoms with E-state index in [2.05, 4.69) is 10.3 Å². The number of anilines is 1. The minimum absolute atomic E-state index is 0.0419. The predicted octanol–water partition coefficient (Wildman–Crippen LogP) is 4.75. The van der Waals surface area contributed by atoms with E-state index in [9.17, 15) is 15.0 Å². The van der Waals surface area contributed by atoms with Crippen molar-refractivity contribution in [2.75, 3.05) is 19.5 Å². The number of benzene rings is 3. The van der Waals surface area contributed by atoms with Gasteiger partial charge in [-0.15, -0.1) is 0 Å². The number of halogens is 2. The Hall–Kier alpha value is -6.32. The molecule has 0 radical (unpaired) electrons. The Kier molecular flexibility index (Phi) is 8.83. The summed E-state index contributed by atoms with van der Waals surface area (Å²) in [5.74, 6) is -9.93. The number of phenols is 1. The molecule has 1 heterocycles. The highest BCUT2D eigenvalue weighted by atomic mass is 19.1. The van der Waals surface area contributed by atoms with Crippen molar-refractivity contribution in [3.63, 3.8) is 0 Å². The maximum atomic E-state index is 15.9. The zero-order chi connectivity index (χ0) is 32.1. The van der Waals surface area contributed by atoms with Crippen LogP contribution in [0.1, 0.15) is 15.9 Å². The number of nitrogens with zero attached hydrogens (tertiary/aromatic N) is 1. The summed E-state index contributed by atoms with van der Waals surface area (Å²) in [4.78, 5) is 15.5. The van der Waals surface area contributed by atoms with Gasteiger partial charge in [-0.05, 0) is 42.5 Å². The van der Waals surface area contributed by atoms with Gasteiger partial charge in [-0.25, -0.2) is 4.79 Å². The molecule has 0 aliphatic heterocycles. The molecule has 1 aromatic heterocycles. The number of rotatable bonds is 11. The van der Waals surface area contributed by atoms with Gasteiger partial charge in [0.25, 0.3) is 11.8 Å². The summed E-state index contributed by atoms with van der Waals surface area (Å²) in [5.41, 5.74) is 10.9. The van der Waals surface area contributed by atoms with Gasteiger partial charge in [-0.2, -0.15) is 13.8 Å². The van der Waals surface area contributed by atoms with Gasteiger partial charge in [0, 0.05) is 17.3 Å². The summed E-state index contributed by atoms with van der Waals surface area (Å²) in [5, 5.41) is 37.4. The second kappa shape index (κ2) is 12.7. The van der Waals surface area contributed by atoms with E-state index in [4.69, 9.17) is 46.0 Å². The van der Waals surface area contributed by atoms with Crippen molar-refractivity contribution in [1.82, 2.24) is 4.98 Å². The molecule has 0 atom stereocenters. The molecule has 0 aliphatic carbocycles. The molecule has 0 fully saturated rings. The third kappa shape index (κ3) is 6.59. The molecule has 3 aromatic carbocycles. The van der Waals surface area contributed by atoms with Crippen LogP contribution in [0.2, 0.25) is 0 Å². The summed E-state index contributed by atoms with van der Waals surface area (Å²) >= 11 is 0. The molecule has 0 unspecified atom stereocenters. The number of aromatic nitrogens is 1. The lowest BCUT2D eigenvalue weighted by Crippen LogP contribution is -2.20. The van der Waals surface area contributed by atoms with Crippen molar-refractivity contribution >= 4 is 23.5 Å². The highest BCUT2D eigenvalue weighted by Crippen LogP contribution is 2.45. The van der Waals surface area contributed by atoms with E-state index in [0.29, 0.717) is 5.69 Å². The van der Waals surface area contributed by atoms with Crippen molar-refractivity contribution in [2.45, 2.75) is 0 Å². The number of hydrogen-bond acceptors (Lipinski definition) is 10. The van der Waals surface area contributed by atoms with E-state index in [1.54, 1.807) is 0 Å². The van der Waals surface area contributed by atoms with Crippen LogP contribution in [0.15, 0.2) is 54.6 Å². The first-order chi connectivity index (χ1) is 20.9. The minimum atomic E-state index is -1.53. The number of nitrogens with two attached hydrogens (primary N) is 2. The molecule has 0 saturated carbocycles. The number of carboxylic acid groups (broad SMARTS) is 1. The molecule has 14 nitrogen and oxygen atoms in total. The fourth-order valence-corrected chi connectivity index (χ4v) is 3.72. The molecule has 0 bridgehead atoms. The Morgan fingerprint density at radius 2 is 1.50 bits per heavy atom. The monoisotopic (exact) mass is 610 g/mol. The van der Waals surface area contributed by atoms with Gasteiger partial charge in [-0.1, -0.05) is 6.07 Å². The fraction of sp³-hybridized carbons (Fsp3) is 0.0714. The van der Waals surface area contributed by atoms with Crippen LogP contribution in [0, 0.1) is 22.5 Å². The Bertz CT molecular complexity index is 1790. The van der Waals surface area contributed by atoms with Crippen LogP contribution in [0.4, 0.5) is 14.5 Å². The number of carboxylic acids is 1. The number of guanidine groups is 1. The SMILES string of the molecule is COc1cc(C(=O)O)cc(Oc2c(F)c(Oc3cccc(NC(=N)N)c3)nc(Oc3cc(C(=N)N)ccc3O)c2F)c1OC. The number of amidine groups is 1.